The van der Waals surface area contributed by atoms with Crippen molar-refractivity contribution >= 4 is 45.7 Å². The Balaban J connectivity index is 1.37. The van der Waals surface area contributed by atoms with E-state index in [1.165, 1.54) is 29.2 Å². The van der Waals surface area contributed by atoms with Gasteiger partial charge in [0.05, 0.1) is 11.4 Å². The minimum Gasteiger partial charge on any atom is -0.424 e. The summed E-state index contributed by atoms with van der Waals surface area (Å²) in [6.07, 6.45) is 6.17. The summed E-state index contributed by atoms with van der Waals surface area (Å²) in [5.74, 6) is 0.101. The van der Waals surface area contributed by atoms with E-state index in [0.29, 0.717) is 22.3 Å². The Labute approximate surface area is 194 Å². The molecule has 33 heavy (non-hydrogen) atoms. The van der Waals surface area contributed by atoms with E-state index in [4.69, 9.17) is 4.74 Å². The van der Waals surface area contributed by atoms with Crippen LogP contribution in [-0.4, -0.2) is 26.8 Å². The number of hydrogen-bond donors (Lipinski definition) is 1. The highest BCUT2D eigenvalue weighted by molar-refractivity contribution is 7.14. The Hall–Kier alpha value is -4.37. The smallest absolute Gasteiger partial charge is 0.321 e. The second-order valence-corrected chi connectivity index (χ2v) is 7.56. The van der Waals surface area contributed by atoms with Crippen LogP contribution in [0, 0.1) is 0 Å². The Morgan fingerprint density at radius 2 is 1.73 bits per heavy atom. The molecule has 2 aromatic heterocycles. The van der Waals surface area contributed by atoms with E-state index >= 15 is 0 Å². The van der Waals surface area contributed by atoms with E-state index in [1.807, 2.05) is 30.3 Å². The summed E-state index contributed by atoms with van der Waals surface area (Å²) in [4.78, 5) is 38.4. The fourth-order valence-electron chi connectivity index (χ4n) is 2.85. The first-order chi connectivity index (χ1) is 16.1. The van der Waals surface area contributed by atoms with Crippen molar-refractivity contribution in [2.45, 2.75) is 6.92 Å². The van der Waals surface area contributed by atoms with Crippen LogP contribution >= 0.6 is 11.3 Å². The number of rotatable bonds is 7. The maximum atomic E-state index is 12.3. The summed E-state index contributed by atoms with van der Waals surface area (Å²) in [6, 6.07) is 18.1. The molecule has 0 radical (unpaired) electrons. The van der Waals surface area contributed by atoms with Crippen LogP contribution in [-0.2, 0) is 9.59 Å². The topological polar surface area (TPSA) is 97.3 Å². The van der Waals surface area contributed by atoms with Crippen LogP contribution in [0.2, 0.25) is 0 Å². The number of anilines is 3. The van der Waals surface area contributed by atoms with Gasteiger partial charge in [0.25, 0.3) is 0 Å². The van der Waals surface area contributed by atoms with Gasteiger partial charge >= 0.3 is 6.01 Å². The number of hydrogen-bond acceptors (Lipinski definition) is 7. The van der Waals surface area contributed by atoms with E-state index in [1.54, 1.807) is 54.2 Å². The third-order valence-corrected chi connectivity index (χ3v) is 5.15. The van der Waals surface area contributed by atoms with Crippen LogP contribution in [0.25, 0.3) is 6.08 Å². The summed E-state index contributed by atoms with van der Waals surface area (Å²) in [5.41, 5.74) is 1.93. The van der Waals surface area contributed by atoms with Crippen LogP contribution in [0.3, 0.4) is 0 Å². The molecule has 8 nitrogen and oxygen atoms in total. The molecule has 164 valence electrons. The lowest BCUT2D eigenvalue weighted by Crippen LogP contribution is -2.22. The van der Waals surface area contributed by atoms with Gasteiger partial charge in [-0.05, 0) is 48.5 Å². The van der Waals surface area contributed by atoms with Crippen LogP contribution in [0.5, 0.6) is 11.8 Å². The number of aromatic nitrogens is 3. The summed E-state index contributed by atoms with van der Waals surface area (Å²) in [6.45, 7) is 1.49. The zero-order valence-corrected chi connectivity index (χ0v) is 18.4. The van der Waals surface area contributed by atoms with Crippen molar-refractivity contribution in [3.05, 3.63) is 90.2 Å². The van der Waals surface area contributed by atoms with Gasteiger partial charge in [-0.1, -0.05) is 18.2 Å². The number of ether oxygens (including phenoxy) is 1. The Kier molecular flexibility index (Phi) is 6.81. The number of thiazole rings is 1. The number of para-hydroxylation sites is 1. The molecule has 4 rings (SSSR count). The molecule has 0 saturated carbocycles. The summed E-state index contributed by atoms with van der Waals surface area (Å²) < 4.78 is 5.53. The van der Waals surface area contributed by atoms with Crippen LogP contribution < -0.4 is 15.0 Å². The van der Waals surface area contributed by atoms with Gasteiger partial charge in [0.15, 0.2) is 5.13 Å². The van der Waals surface area contributed by atoms with Gasteiger partial charge in [0.2, 0.25) is 11.8 Å². The van der Waals surface area contributed by atoms with Crippen molar-refractivity contribution in [2.75, 3.05) is 10.2 Å². The van der Waals surface area contributed by atoms with Crippen molar-refractivity contribution in [1.29, 1.82) is 0 Å². The second-order valence-electron chi connectivity index (χ2n) is 6.73. The normalized spacial score (nSPS) is 10.7. The number of nitrogens with zero attached hydrogens (tertiary/aromatic N) is 4. The zero-order chi connectivity index (χ0) is 23.0. The standard InChI is InChI=1S/C24H19N5O3S/c1-17(30)29(20-6-3-2-4-7-20)24-28-19(16-33-24)10-13-22(31)27-18-8-11-21(12-9-18)32-23-25-14-5-15-26-23/h2-16H,1H3,(H,27,31)/b13-10+. The lowest BCUT2D eigenvalue weighted by atomic mass is 10.3. The Bertz CT molecular complexity index is 1260. The third kappa shape index (κ3) is 5.86. The molecule has 0 spiro atoms. The van der Waals surface area contributed by atoms with Gasteiger partial charge in [0.1, 0.15) is 5.75 Å². The molecule has 0 aliphatic heterocycles. The third-order valence-electron chi connectivity index (χ3n) is 4.31. The Morgan fingerprint density at radius 1 is 1.00 bits per heavy atom. The first-order valence-electron chi connectivity index (χ1n) is 9.94. The van der Waals surface area contributed by atoms with E-state index in [-0.39, 0.29) is 17.8 Å². The van der Waals surface area contributed by atoms with Gasteiger partial charge < -0.3 is 10.1 Å². The fourth-order valence-corrected chi connectivity index (χ4v) is 3.71. The average molecular weight is 458 g/mol. The molecule has 2 aromatic carbocycles. The van der Waals surface area contributed by atoms with E-state index in [0.717, 1.165) is 5.69 Å². The van der Waals surface area contributed by atoms with Gasteiger partial charge in [-0.15, -0.1) is 11.3 Å². The second kappa shape index (κ2) is 10.3. The Morgan fingerprint density at radius 3 is 2.42 bits per heavy atom. The molecule has 4 aromatic rings. The predicted molar refractivity (Wildman–Crippen MR) is 128 cm³/mol. The van der Waals surface area contributed by atoms with Crippen molar-refractivity contribution in [3.63, 3.8) is 0 Å². The highest BCUT2D eigenvalue weighted by atomic mass is 32.1. The molecule has 0 aliphatic rings. The highest BCUT2D eigenvalue weighted by Gasteiger charge is 2.17. The number of benzene rings is 2. The number of nitrogens with one attached hydrogen (secondary N) is 1. The molecule has 0 aliphatic carbocycles. The quantitative estimate of drug-likeness (QED) is 0.390. The van der Waals surface area contributed by atoms with Gasteiger partial charge in [-0.2, -0.15) is 0 Å². The molecule has 9 heteroatoms. The molecule has 1 N–H and O–H groups in total. The molecule has 0 fully saturated rings. The summed E-state index contributed by atoms with van der Waals surface area (Å²) in [7, 11) is 0. The van der Waals surface area contributed by atoms with E-state index < -0.39 is 0 Å². The van der Waals surface area contributed by atoms with Crippen molar-refractivity contribution in [1.82, 2.24) is 15.0 Å². The van der Waals surface area contributed by atoms with Gasteiger partial charge in [0, 0.05) is 36.5 Å². The van der Waals surface area contributed by atoms with Crippen molar-refractivity contribution in [3.8, 4) is 11.8 Å². The molecular weight excluding hydrogens is 438 g/mol. The van der Waals surface area contributed by atoms with Crippen LogP contribution in [0.15, 0.2) is 84.5 Å². The number of amides is 2. The summed E-state index contributed by atoms with van der Waals surface area (Å²) in [5, 5.41) is 5.10. The molecule has 2 amide bonds. The van der Waals surface area contributed by atoms with Crippen LogP contribution in [0.1, 0.15) is 12.6 Å². The molecule has 0 unspecified atom stereocenters. The first-order valence-corrected chi connectivity index (χ1v) is 10.8. The summed E-state index contributed by atoms with van der Waals surface area (Å²) >= 11 is 1.33. The zero-order valence-electron chi connectivity index (χ0n) is 17.6. The fraction of sp³-hybridized carbons (Fsp3) is 0.0417. The minimum atomic E-state index is -0.309. The number of carbonyl (C=O) groups excluding carboxylic acids is 2. The maximum absolute atomic E-state index is 12.3. The predicted octanol–water partition coefficient (Wildman–Crippen LogP) is 5.06. The molecule has 2 heterocycles. The highest BCUT2D eigenvalue weighted by Crippen LogP contribution is 2.29. The molecule has 0 atom stereocenters. The van der Waals surface area contributed by atoms with Gasteiger partial charge in [-0.3, -0.25) is 14.5 Å². The van der Waals surface area contributed by atoms with Crippen molar-refractivity contribution in [2.24, 2.45) is 0 Å². The largest absolute Gasteiger partial charge is 0.424 e. The maximum Gasteiger partial charge on any atom is 0.321 e. The molecular formula is C24H19N5O3S. The van der Waals surface area contributed by atoms with Crippen LogP contribution in [0.4, 0.5) is 16.5 Å². The average Bonchev–Trinajstić information content (AvgIpc) is 3.29. The minimum absolute atomic E-state index is 0.143. The SMILES string of the molecule is CC(=O)N(c1ccccc1)c1nc(/C=C/C(=O)Nc2ccc(Oc3ncccn3)cc2)cs1. The monoisotopic (exact) mass is 457 g/mol. The lowest BCUT2D eigenvalue weighted by molar-refractivity contribution is -0.116. The number of carbonyl (C=O) groups is 2. The first kappa shape index (κ1) is 21.8. The lowest BCUT2D eigenvalue weighted by Gasteiger charge is -2.17. The molecule has 0 bridgehead atoms. The van der Waals surface area contributed by atoms with E-state index in [2.05, 4.69) is 20.3 Å². The van der Waals surface area contributed by atoms with Crippen molar-refractivity contribution < 1.29 is 14.3 Å². The van der Waals surface area contributed by atoms with Gasteiger partial charge in [-0.25, -0.2) is 15.0 Å². The molecule has 0 saturated heterocycles. The van der Waals surface area contributed by atoms with E-state index in [9.17, 15) is 9.59 Å².